The topological polar surface area (TPSA) is 12.0 Å². The van der Waals surface area contributed by atoms with Crippen molar-refractivity contribution in [3.63, 3.8) is 0 Å². The first-order chi connectivity index (χ1) is 6.33. The van der Waals surface area contributed by atoms with Gasteiger partial charge in [-0.1, -0.05) is 46.0 Å². The van der Waals surface area contributed by atoms with Crippen LogP contribution in [0.5, 0.6) is 0 Å². The van der Waals surface area contributed by atoms with E-state index in [1.807, 2.05) is 0 Å². The largest absolute Gasteiger partial charge is 0.316 e. The van der Waals surface area contributed by atoms with E-state index in [1.54, 1.807) is 0 Å². The second-order valence-electron chi connectivity index (χ2n) is 4.62. The van der Waals surface area contributed by atoms with E-state index < -0.39 is 0 Å². The molecule has 0 aromatic rings. The van der Waals surface area contributed by atoms with Gasteiger partial charge in [-0.3, -0.25) is 0 Å². The van der Waals surface area contributed by atoms with Crippen molar-refractivity contribution >= 4 is 0 Å². The third kappa shape index (κ3) is 3.30. The summed E-state index contributed by atoms with van der Waals surface area (Å²) in [7, 11) is 0. The summed E-state index contributed by atoms with van der Waals surface area (Å²) in [6.45, 7) is 7.17. The van der Waals surface area contributed by atoms with Gasteiger partial charge >= 0.3 is 0 Å². The number of unbranched alkanes of at least 4 members (excludes halogenated alkanes) is 4. The molecule has 1 aliphatic rings. The molecule has 0 atom stereocenters. The Morgan fingerprint density at radius 3 is 2.15 bits per heavy atom. The molecule has 0 saturated carbocycles. The number of hydrogen-bond donors (Lipinski definition) is 1. The van der Waals surface area contributed by atoms with Crippen LogP contribution in [0, 0.1) is 5.41 Å². The minimum absolute atomic E-state index is 0.701. The van der Waals surface area contributed by atoms with Crippen LogP contribution in [0.2, 0.25) is 0 Å². The fraction of sp³-hybridized carbons (Fsp3) is 1.00. The normalized spacial score (nSPS) is 19.8. The van der Waals surface area contributed by atoms with E-state index in [1.165, 1.54) is 58.0 Å². The van der Waals surface area contributed by atoms with Gasteiger partial charge in [0.05, 0.1) is 0 Å². The van der Waals surface area contributed by atoms with E-state index in [0.717, 1.165) is 0 Å². The molecule has 1 aliphatic heterocycles. The Labute approximate surface area is 83.3 Å². The summed E-state index contributed by atoms with van der Waals surface area (Å²) in [6.07, 6.45) is 9.97. The molecule has 1 fully saturated rings. The smallest absolute Gasteiger partial charge is 0.00201 e. The van der Waals surface area contributed by atoms with Crippen LogP contribution in [0.4, 0.5) is 0 Å². The van der Waals surface area contributed by atoms with E-state index in [0.29, 0.717) is 5.41 Å². The van der Waals surface area contributed by atoms with Gasteiger partial charge in [0.2, 0.25) is 0 Å². The Morgan fingerprint density at radius 1 is 1.00 bits per heavy atom. The highest BCUT2D eigenvalue weighted by atomic mass is 15.0. The van der Waals surface area contributed by atoms with Gasteiger partial charge in [0.15, 0.2) is 0 Å². The average molecular weight is 183 g/mol. The van der Waals surface area contributed by atoms with Gasteiger partial charge < -0.3 is 5.32 Å². The molecule has 1 N–H and O–H groups in total. The van der Waals surface area contributed by atoms with Crippen LogP contribution >= 0.6 is 0 Å². The summed E-state index contributed by atoms with van der Waals surface area (Å²) in [6, 6.07) is 0. The van der Waals surface area contributed by atoms with Gasteiger partial charge in [0, 0.05) is 13.1 Å². The molecule has 1 nitrogen and oxygen atoms in total. The van der Waals surface area contributed by atoms with E-state index in [-0.39, 0.29) is 0 Å². The zero-order valence-electron chi connectivity index (χ0n) is 9.36. The molecule has 13 heavy (non-hydrogen) atoms. The van der Waals surface area contributed by atoms with Gasteiger partial charge in [-0.05, 0) is 18.3 Å². The Bertz CT molecular complexity index is 122. The third-order valence-corrected chi connectivity index (χ3v) is 3.56. The van der Waals surface area contributed by atoms with Gasteiger partial charge in [-0.2, -0.15) is 0 Å². The monoisotopic (exact) mass is 183 g/mol. The quantitative estimate of drug-likeness (QED) is 0.597. The van der Waals surface area contributed by atoms with E-state index >= 15 is 0 Å². The van der Waals surface area contributed by atoms with Crippen molar-refractivity contribution in [1.29, 1.82) is 0 Å². The highest BCUT2D eigenvalue weighted by Crippen LogP contribution is 2.32. The molecule has 78 valence electrons. The van der Waals surface area contributed by atoms with Crippen molar-refractivity contribution in [3.8, 4) is 0 Å². The van der Waals surface area contributed by atoms with Crippen molar-refractivity contribution < 1.29 is 0 Å². The maximum absolute atomic E-state index is 3.41. The maximum atomic E-state index is 3.41. The fourth-order valence-corrected chi connectivity index (χ4v) is 2.19. The number of rotatable bonds is 7. The van der Waals surface area contributed by atoms with Crippen molar-refractivity contribution in [2.75, 3.05) is 13.1 Å². The lowest BCUT2D eigenvalue weighted by Crippen LogP contribution is -2.52. The predicted molar refractivity (Wildman–Crippen MR) is 59.0 cm³/mol. The molecule has 1 rings (SSSR count). The predicted octanol–water partition coefficient (Wildman–Crippen LogP) is 3.35. The molecular weight excluding hydrogens is 158 g/mol. The molecule has 0 radical (unpaired) electrons. The van der Waals surface area contributed by atoms with Gasteiger partial charge in [0.1, 0.15) is 0 Å². The van der Waals surface area contributed by atoms with Crippen molar-refractivity contribution in [2.45, 2.75) is 58.8 Å². The first-order valence-corrected chi connectivity index (χ1v) is 6.04. The first kappa shape index (κ1) is 11.0. The Hall–Kier alpha value is -0.0400. The third-order valence-electron chi connectivity index (χ3n) is 3.56. The molecule has 0 bridgehead atoms. The van der Waals surface area contributed by atoms with Crippen LogP contribution in [-0.2, 0) is 0 Å². The molecule has 1 heterocycles. The summed E-state index contributed by atoms with van der Waals surface area (Å²) in [4.78, 5) is 0. The minimum atomic E-state index is 0.701. The number of hydrogen-bond acceptors (Lipinski definition) is 1. The second-order valence-corrected chi connectivity index (χ2v) is 4.62. The van der Waals surface area contributed by atoms with E-state index in [9.17, 15) is 0 Å². The summed E-state index contributed by atoms with van der Waals surface area (Å²) < 4.78 is 0. The SMILES string of the molecule is CCCCCCCC1(CC)CNC1. The van der Waals surface area contributed by atoms with Crippen LogP contribution in [0.15, 0.2) is 0 Å². The maximum Gasteiger partial charge on any atom is 0.00201 e. The molecule has 0 aliphatic carbocycles. The average Bonchev–Trinajstić information content (AvgIpc) is 2.09. The molecule has 1 saturated heterocycles. The summed E-state index contributed by atoms with van der Waals surface area (Å²) in [5.74, 6) is 0. The fourth-order valence-electron chi connectivity index (χ4n) is 2.19. The first-order valence-electron chi connectivity index (χ1n) is 6.04. The van der Waals surface area contributed by atoms with Crippen molar-refractivity contribution in [3.05, 3.63) is 0 Å². The van der Waals surface area contributed by atoms with Crippen LogP contribution in [-0.4, -0.2) is 13.1 Å². The van der Waals surface area contributed by atoms with Crippen molar-refractivity contribution in [2.24, 2.45) is 5.41 Å². The Kier molecular flexibility index (Phi) is 4.79. The molecule has 0 aromatic heterocycles. The zero-order valence-corrected chi connectivity index (χ0v) is 9.36. The summed E-state index contributed by atoms with van der Waals surface area (Å²) in [5, 5.41) is 3.41. The van der Waals surface area contributed by atoms with Crippen LogP contribution in [0.1, 0.15) is 58.8 Å². The minimum Gasteiger partial charge on any atom is -0.316 e. The van der Waals surface area contributed by atoms with Crippen molar-refractivity contribution in [1.82, 2.24) is 5.32 Å². The van der Waals surface area contributed by atoms with Gasteiger partial charge in [-0.15, -0.1) is 0 Å². The molecule has 0 spiro atoms. The van der Waals surface area contributed by atoms with Crippen LogP contribution in [0.3, 0.4) is 0 Å². The lowest BCUT2D eigenvalue weighted by molar-refractivity contribution is 0.141. The Balaban J connectivity index is 1.98. The second kappa shape index (κ2) is 5.64. The standard InChI is InChI=1S/C12H25N/c1-3-5-6-7-8-9-12(4-2)10-13-11-12/h13H,3-11H2,1-2H3. The lowest BCUT2D eigenvalue weighted by Gasteiger charge is -2.42. The van der Waals surface area contributed by atoms with E-state index in [2.05, 4.69) is 19.2 Å². The van der Waals surface area contributed by atoms with Gasteiger partial charge in [0.25, 0.3) is 0 Å². The summed E-state index contributed by atoms with van der Waals surface area (Å²) >= 11 is 0. The molecule has 0 unspecified atom stereocenters. The van der Waals surface area contributed by atoms with Crippen LogP contribution in [0.25, 0.3) is 0 Å². The van der Waals surface area contributed by atoms with E-state index in [4.69, 9.17) is 0 Å². The molecule has 0 amide bonds. The Morgan fingerprint density at radius 2 is 1.69 bits per heavy atom. The zero-order chi connectivity index (χ0) is 9.57. The molecular formula is C12H25N. The highest BCUT2D eigenvalue weighted by Gasteiger charge is 2.33. The summed E-state index contributed by atoms with van der Waals surface area (Å²) in [5.41, 5.74) is 0.701. The molecule has 0 aromatic carbocycles. The highest BCUT2D eigenvalue weighted by molar-refractivity contribution is 4.90. The molecule has 1 heteroatoms. The lowest BCUT2D eigenvalue weighted by atomic mass is 9.75. The number of nitrogens with one attached hydrogen (secondary N) is 1. The van der Waals surface area contributed by atoms with Crippen LogP contribution < -0.4 is 5.32 Å². The van der Waals surface area contributed by atoms with Gasteiger partial charge in [-0.25, -0.2) is 0 Å².